The Morgan fingerprint density at radius 1 is 1.00 bits per heavy atom. The summed E-state index contributed by atoms with van der Waals surface area (Å²) in [7, 11) is 0. The summed E-state index contributed by atoms with van der Waals surface area (Å²) in [6, 6.07) is 9.39. The second kappa shape index (κ2) is 7.79. The molecule has 2 heterocycles. The number of likely N-dealkylation sites (tertiary alicyclic amines) is 2. The van der Waals surface area contributed by atoms with Crippen LogP contribution in [0.2, 0.25) is 0 Å². The molecule has 6 heteroatoms. The van der Waals surface area contributed by atoms with Crippen molar-refractivity contribution in [2.24, 2.45) is 11.7 Å². The largest absolute Gasteiger partial charge is 0.341 e. The average molecular weight is 338 g/mol. The number of nitrogens with zero attached hydrogens (tertiary/aromatic N) is 2. The zero-order chi connectivity index (χ0) is 15.5. The predicted molar refractivity (Wildman–Crippen MR) is 91.5 cm³/mol. The van der Waals surface area contributed by atoms with E-state index in [2.05, 4.69) is 0 Å². The van der Waals surface area contributed by atoms with Crippen LogP contribution in [0.3, 0.4) is 0 Å². The number of piperidine rings is 1. The van der Waals surface area contributed by atoms with Crippen molar-refractivity contribution in [3.63, 3.8) is 0 Å². The van der Waals surface area contributed by atoms with Crippen LogP contribution in [0.25, 0.3) is 0 Å². The van der Waals surface area contributed by atoms with Gasteiger partial charge >= 0.3 is 0 Å². The van der Waals surface area contributed by atoms with Crippen LogP contribution in [0, 0.1) is 5.92 Å². The first-order valence-corrected chi connectivity index (χ1v) is 8.04. The highest BCUT2D eigenvalue weighted by molar-refractivity contribution is 5.94. The maximum absolute atomic E-state index is 12.6. The molecule has 0 spiro atoms. The molecule has 5 nitrogen and oxygen atoms in total. The zero-order valence-electron chi connectivity index (χ0n) is 13.2. The van der Waals surface area contributed by atoms with Crippen molar-refractivity contribution in [3.05, 3.63) is 35.9 Å². The second-order valence-electron chi connectivity index (χ2n) is 6.29. The Labute approximate surface area is 143 Å². The number of benzene rings is 1. The number of amides is 2. The standard InChI is InChI=1S/C17H23N3O2.ClH/c18-15-8-10-20(12-15)17(22)14-7-4-9-19(11-14)16(21)13-5-2-1-3-6-13;/h1-3,5-6,14-15H,4,7-12,18H2;1H/t14?,15-;/m1./s1. The minimum atomic E-state index is -0.0771. The Morgan fingerprint density at radius 3 is 2.39 bits per heavy atom. The van der Waals surface area contributed by atoms with Crippen LogP contribution in [-0.4, -0.2) is 53.8 Å². The fraction of sp³-hybridized carbons (Fsp3) is 0.529. The quantitative estimate of drug-likeness (QED) is 0.889. The topological polar surface area (TPSA) is 66.6 Å². The lowest BCUT2D eigenvalue weighted by Gasteiger charge is -2.34. The summed E-state index contributed by atoms with van der Waals surface area (Å²) in [6.45, 7) is 2.67. The van der Waals surface area contributed by atoms with Gasteiger partial charge in [-0.15, -0.1) is 12.4 Å². The van der Waals surface area contributed by atoms with E-state index in [-0.39, 0.29) is 36.2 Å². The van der Waals surface area contributed by atoms with Crippen LogP contribution in [-0.2, 0) is 4.79 Å². The summed E-state index contributed by atoms with van der Waals surface area (Å²) < 4.78 is 0. The first-order chi connectivity index (χ1) is 10.6. The first-order valence-electron chi connectivity index (χ1n) is 8.04. The van der Waals surface area contributed by atoms with Crippen molar-refractivity contribution in [2.75, 3.05) is 26.2 Å². The van der Waals surface area contributed by atoms with E-state index in [4.69, 9.17) is 5.73 Å². The lowest BCUT2D eigenvalue weighted by Crippen LogP contribution is -2.46. The summed E-state index contributed by atoms with van der Waals surface area (Å²) in [5.74, 6) is 0.112. The number of nitrogens with two attached hydrogens (primary N) is 1. The molecular weight excluding hydrogens is 314 g/mol. The van der Waals surface area contributed by atoms with Gasteiger partial charge in [0.15, 0.2) is 0 Å². The summed E-state index contributed by atoms with van der Waals surface area (Å²) in [6.07, 6.45) is 2.63. The molecule has 23 heavy (non-hydrogen) atoms. The molecule has 1 unspecified atom stereocenters. The van der Waals surface area contributed by atoms with Gasteiger partial charge in [0.25, 0.3) is 5.91 Å². The fourth-order valence-corrected chi connectivity index (χ4v) is 3.37. The van der Waals surface area contributed by atoms with Crippen LogP contribution < -0.4 is 5.73 Å². The molecular formula is C17H24ClN3O2. The summed E-state index contributed by atoms with van der Waals surface area (Å²) in [5.41, 5.74) is 6.58. The van der Waals surface area contributed by atoms with Crippen LogP contribution >= 0.6 is 12.4 Å². The molecule has 2 aliphatic heterocycles. The average Bonchev–Trinajstić information content (AvgIpc) is 3.01. The van der Waals surface area contributed by atoms with Gasteiger partial charge < -0.3 is 15.5 Å². The highest BCUT2D eigenvalue weighted by Crippen LogP contribution is 2.22. The molecule has 2 atom stereocenters. The summed E-state index contributed by atoms with van der Waals surface area (Å²) in [4.78, 5) is 28.8. The number of carbonyl (C=O) groups is 2. The van der Waals surface area contributed by atoms with E-state index in [9.17, 15) is 9.59 Å². The smallest absolute Gasteiger partial charge is 0.253 e. The van der Waals surface area contributed by atoms with E-state index in [1.807, 2.05) is 40.1 Å². The van der Waals surface area contributed by atoms with Gasteiger partial charge in [-0.2, -0.15) is 0 Å². The molecule has 1 aromatic rings. The molecule has 0 bridgehead atoms. The number of hydrogen-bond acceptors (Lipinski definition) is 3. The Bertz CT molecular complexity index is 552. The van der Waals surface area contributed by atoms with E-state index in [1.54, 1.807) is 0 Å². The molecule has 3 rings (SSSR count). The van der Waals surface area contributed by atoms with Crippen molar-refractivity contribution in [1.82, 2.24) is 9.80 Å². The minimum absolute atomic E-state index is 0. The molecule has 0 radical (unpaired) electrons. The maximum atomic E-state index is 12.6. The van der Waals surface area contributed by atoms with Gasteiger partial charge in [-0.1, -0.05) is 18.2 Å². The third kappa shape index (κ3) is 4.03. The van der Waals surface area contributed by atoms with E-state index in [0.717, 1.165) is 32.4 Å². The van der Waals surface area contributed by atoms with Gasteiger partial charge in [0.2, 0.25) is 5.91 Å². The Balaban J connectivity index is 0.00000192. The molecule has 126 valence electrons. The van der Waals surface area contributed by atoms with Crippen molar-refractivity contribution in [2.45, 2.75) is 25.3 Å². The monoisotopic (exact) mass is 337 g/mol. The number of carbonyl (C=O) groups excluding carboxylic acids is 2. The molecule has 1 aromatic carbocycles. The van der Waals surface area contributed by atoms with E-state index in [1.165, 1.54) is 0 Å². The number of halogens is 1. The molecule has 2 N–H and O–H groups in total. The third-order valence-corrected chi connectivity index (χ3v) is 4.61. The van der Waals surface area contributed by atoms with Crippen LogP contribution in [0.1, 0.15) is 29.6 Å². The lowest BCUT2D eigenvalue weighted by molar-refractivity contribution is -0.135. The minimum Gasteiger partial charge on any atom is -0.341 e. The van der Waals surface area contributed by atoms with Crippen molar-refractivity contribution in [3.8, 4) is 0 Å². The van der Waals surface area contributed by atoms with Gasteiger partial charge in [0.1, 0.15) is 0 Å². The van der Waals surface area contributed by atoms with Gasteiger partial charge in [-0.25, -0.2) is 0 Å². The highest BCUT2D eigenvalue weighted by Gasteiger charge is 2.33. The molecule has 0 aliphatic carbocycles. The Morgan fingerprint density at radius 2 is 1.74 bits per heavy atom. The summed E-state index contributed by atoms with van der Waals surface area (Å²) >= 11 is 0. The third-order valence-electron chi connectivity index (χ3n) is 4.61. The number of rotatable bonds is 2. The fourth-order valence-electron chi connectivity index (χ4n) is 3.37. The highest BCUT2D eigenvalue weighted by atomic mass is 35.5. The SMILES string of the molecule is Cl.N[C@@H]1CCN(C(=O)C2CCCN(C(=O)c3ccccc3)C2)C1. The number of hydrogen-bond donors (Lipinski definition) is 1. The molecule has 2 aliphatic rings. The van der Waals surface area contributed by atoms with E-state index >= 15 is 0 Å². The molecule has 0 aromatic heterocycles. The van der Waals surface area contributed by atoms with Gasteiger partial charge in [0, 0.05) is 37.8 Å². The van der Waals surface area contributed by atoms with Crippen LogP contribution in [0.5, 0.6) is 0 Å². The summed E-state index contributed by atoms with van der Waals surface area (Å²) in [5, 5.41) is 0. The van der Waals surface area contributed by atoms with Gasteiger partial charge in [-0.3, -0.25) is 9.59 Å². The first kappa shape index (κ1) is 17.8. The van der Waals surface area contributed by atoms with E-state index in [0.29, 0.717) is 18.7 Å². The normalized spacial score (nSPS) is 24.2. The molecule has 2 amide bonds. The van der Waals surface area contributed by atoms with Crippen LogP contribution in [0.15, 0.2) is 30.3 Å². The molecule has 2 fully saturated rings. The van der Waals surface area contributed by atoms with Gasteiger partial charge in [-0.05, 0) is 31.4 Å². The van der Waals surface area contributed by atoms with Crippen LogP contribution in [0.4, 0.5) is 0 Å². The second-order valence-corrected chi connectivity index (χ2v) is 6.29. The van der Waals surface area contributed by atoms with E-state index < -0.39 is 0 Å². The van der Waals surface area contributed by atoms with Crippen molar-refractivity contribution in [1.29, 1.82) is 0 Å². The Hall–Kier alpha value is -1.59. The Kier molecular flexibility index (Phi) is 6.02. The zero-order valence-corrected chi connectivity index (χ0v) is 14.0. The van der Waals surface area contributed by atoms with Crippen molar-refractivity contribution < 1.29 is 9.59 Å². The van der Waals surface area contributed by atoms with Gasteiger partial charge in [0.05, 0.1) is 5.92 Å². The molecule has 2 saturated heterocycles. The predicted octanol–water partition coefficient (Wildman–Crippen LogP) is 1.52. The lowest BCUT2D eigenvalue weighted by atomic mass is 9.96. The molecule has 0 saturated carbocycles. The maximum Gasteiger partial charge on any atom is 0.253 e. The van der Waals surface area contributed by atoms with Crippen molar-refractivity contribution >= 4 is 24.2 Å².